The first-order chi connectivity index (χ1) is 9.16. The number of benzene rings is 1. The Morgan fingerprint density at radius 1 is 1.21 bits per heavy atom. The normalized spacial score (nSPS) is 17.9. The van der Waals surface area contributed by atoms with Gasteiger partial charge in [-0.1, -0.05) is 43.9 Å². The molecule has 0 heterocycles. The SMILES string of the molecule is CC(C)Oc1ccccc1C(N)CCC1CCCC1. The second kappa shape index (κ2) is 6.95. The van der Waals surface area contributed by atoms with Crippen LogP contribution in [-0.4, -0.2) is 6.10 Å². The summed E-state index contributed by atoms with van der Waals surface area (Å²) >= 11 is 0. The van der Waals surface area contributed by atoms with Gasteiger partial charge in [0.25, 0.3) is 0 Å². The summed E-state index contributed by atoms with van der Waals surface area (Å²) < 4.78 is 5.86. The van der Waals surface area contributed by atoms with Gasteiger partial charge < -0.3 is 10.5 Å². The average Bonchev–Trinajstić information content (AvgIpc) is 2.89. The quantitative estimate of drug-likeness (QED) is 0.821. The minimum absolute atomic E-state index is 0.107. The van der Waals surface area contributed by atoms with Crippen molar-refractivity contribution in [1.82, 2.24) is 0 Å². The molecule has 1 aliphatic carbocycles. The molecule has 106 valence electrons. The summed E-state index contributed by atoms with van der Waals surface area (Å²) in [6, 6.07) is 8.32. The third kappa shape index (κ3) is 4.24. The molecule has 1 aromatic carbocycles. The van der Waals surface area contributed by atoms with E-state index in [4.69, 9.17) is 10.5 Å². The van der Waals surface area contributed by atoms with Crippen molar-refractivity contribution in [3.63, 3.8) is 0 Å². The molecule has 0 saturated heterocycles. The first kappa shape index (κ1) is 14.4. The Kier molecular flexibility index (Phi) is 5.26. The van der Waals surface area contributed by atoms with Gasteiger partial charge in [0, 0.05) is 11.6 Å². The highest BCUT2D eigenvalue weighted by Crippen LogP contribution is 2.33. The van der Waals surface area contributed by atoms with E-state index < -0.39 is 0 Å². The monoisotopic (exact) mass is 261 g/mol. The Bertz CT molecular complexity index is 383. The number of hydrogen-bond donors (Lipinski definition) is 1. The number of rotatable bonds is 6. The highest BCUT2D eigenvalue weighted by Gasteiger charge is 2.18. The lowest BCUT2D eigenvalue weighted by molar-refractivity contribution is 0.238. The van der Waals surface area contributed by atoms with Crippen LogP contribution in [0.2, 0.25) is 0 Å². The number of hydrogen-bond acceptors (Lipinski definition) is 2. The molecule has 0 bridgehead atoms. The summed E-state index contributed by atoms with van der Waals surface area (Å²) in [5.74, 6) is 1.86. The van der Waals surface area contributed by atoms with Gasteiger partial charge in [-0.2, -0.15) is 0 Å². The van der Waals surface area contributed by atoms with E-state index in [-0.39, 0.29) is 12.1 Å². The van der Waals surface area contributed by atoms with Gasteiger partial charge in [0.1, 0.15) is 5.75 Å². The maximum Gasteiger partial charge on any atom is 0.124 e. The molecule has 1 atom stereocenters. The van der Waals surface area contributed by atoms with Crippen LogP contribution in [0.15, 0.2) is 24.3 Å². The van der Waals surface area contributed by atoms with E-state index in [1.807, 2.05) is 12.1 Å². The fourth-order valence-corrected chi connectivity index (χ4v) is 3.02. The minimum atomic E-state index is 0.107. The minimum Gasteiger partial charge on any atom is -0.491 e. The van der Waals surface area contributed by atoms with Gasteiger partial charge in [-0.05, 0) is 38.7 Å². The summed E-state index contributed by atoms with van der Waals surface area (Å²) in [4.78, 5) is 0. The molecule has 1 saturated carbocycles. The lowest BCUT2D eigenvalue weighted by Gasteiger charge is -2.20. The predicted molar refractivity (Wildman–Crippen MR) is 80.3 cm³/mol. The topological polar surface area (TPSA) is 35.2 Å². The van der Waals surface area contributed by atoms with Gasteiger partial charge in [-0.3, -0.25) is 0 Å². The van der Waals surface area contributed by atoms with Crippen molar-refractivity contribution < 1.29 is 4.74 Å². The molecule has 1 aromatic rings. The Balaban J connectivity index is 1.95. The second-order valence-electron chi connectivity index (χ2n) is 6.04. The van der Waals surface area contributed by atoms with Crippen molar-refractivity contribution in [2.75, 3.05) is 0 Å². The summed E-state index contributed by atoms with van der Waals surface area (Å²) in [6.45, 7) is 4.11. The summed E-state index contributed by atoms with van der Waals surface area (Å²) in [5.41, 5.74) is 7.53. The molecule has 1 fully saturated rings. The van der Waals surface area contributed by atoms with Crippen LogP contribution in [0.25, 0.3) is 0 Å². The summed E-state index contributed by atoms with van der Waals surface area (Å²) in [7, 11) is 0. The molecule has 2 N–H and O–H groups in total. The molecule has 0 spiro atoms. The van der Waals surface area contributed by atoms with Gasteiger partial charge >= 0.3 is 0 Å². The van der Waals surface area contributed by atoms with Crippen LogP contribution < -0.4 is 10.5 Å². The molecular weight excluding hydrogens is 234 g/mol. The lowest BCUT2D eigenvalue weighted by Crippen LogP contribution is -2.15. The van der Waals surface area contributed by atoms with E-state index in [2.05, 4.69) is 26.0 Å². The van der Waals surface area contributed by atoms with E-state index >= 15 is 0 Å². The average molecular weight is 261 g/mol. The molecule has 0 aliphatic heterocycles. The maximum absolute atomic E-state index is 6.37. The van der Waals surface area contributed by atoms with E-state index in [0.717, 1.165) is 23.7 Å². The standard InChI is InChI=1S/C17H27NO/c1-13(2)19-17-10-6-5-9-15(17)16(18)12-11-14-7-3-4-8-14/h5-6,9-10,13-14,16H,3-4,7-8,11-12,18H2,1-2H3. The van der Waals surface area contributed by atoms with Crippen molar-refractivity contribution in [1.29, 1.82) is 0 Å². The molecule has 0 aromatic heterocycles. The Morgan fingerprint density at radius 3 is 2.58 bits per heavy atom. The van der Waals surface area contributed by atoms with Gasteiger partial charge in [0.2, 0.25) is 0 Å². The van der Waals surface area contributed by atoms with Crippen molar-refractivity contribution in [2.24, 2.45) is 11.7 Å². The van der Waals surface area contributed by atoms with Crippen LogP contribution in [0, 0.1) is 5.92 Å². The molecule has 0 amide bonds. The Morgan fingerprint density at radius 2 is 1.89 bits per heavy atom. The van der Waals surface area contributed by atoms with Crippen molar-refractivity contribution >= 4 is 0 Å². The van der Waals surface area contributed by atoms with Crippen molar-refractivity contribution in [3.05, 3.63) is 29.8 Å². The van der Waals surface area contributed by atoms with E-state index in [9.17, 15) is 0 Å². The predicted octanol–water partition coefficient (Wildman–Crippen LogP) is 4.44. The number of nitrogens with two attached hydrogens (primary N) is 1. The highest BCUT2D eigenvalue weighted by molar-refractivity contribution is 5.35. The fourth-order valence-electron chi connectivity index (χ4n) is 3.02. The molecule has 2 nitrogen and oxygen atoms in total. The number of para-hydroxylation sites is 1. The zero-order valence-electron chi connectivity index (χ0n) is 12.3. The van der Waals surface area contributed by atoms with Crippen LogP contribution in [0.5, 0.6) is 5.75 Å². The summed E-state index contributed by atoms with van der Waals surface area (Å²) in [6.07, 6.45) is 8.15. The van der Waals surface area contributed by atoms with Gasteiger partial charge in [0.15, 0.2) is 0 Å². The Hall–Kier alpha value is -1.02. The molecule has 1 aliphatic rings. The van der Waals surface area contributed by atoms with Crippen LogP contribution in [0.1, 0.15) is 64.0 Å². The van der Waals surface area contributed by atoms with Crippen LogP contribution in [0.3, 0.4) is 0 Å². The van der Waals surface area contributed by atoms with E-state index in [1.165, 1.54) is 32.1 Å². The molecular formula is C17H27NO. The third-order valence-corrected chi connectivity index (χ3v) is 4.04. The van der Waals surface area contributed by atoms with E-state index in [0.29, 0.717) is 0 Å². The smallest absolute Gasteiger partial charge is 0.124 e. The van der Waals surface area contributed by atoms with Gasteiger partial charge in [-0.25, -0.2) is 0 Å². The molecule has 0 radical (unpaired) electrons. The largest absolute Gasteiger partial charge is 0.491 e. The van der Waals surface area contributed by atoms with Crippen LogP contribution in [0.4, 0.5) is 0 Å². The van der Waals surface area contributed by atoms with Gasteiger partial charge in [-0.15, -0.1) is 0 Å². The molecule has 2 heteroatoms. The van der Waals surface area contributed by atoms with Crippen molar-refractivity contribution in [2.45, 2.75) is 64.5 Å². The lowest BCUT2D eigenvalue weighted by atomic mass is 9.95. The fraction of sp³-hybridized carbons (Fsp3) is 0.647. The molecule has 2 rings (SSSR count). The van der Waals surface area contributed by atoms with E-state index in [1.54, 1.807) is 0 Å². The second-order valence-corrected chi connectivity index (χ2v) is 6.04. The summed E-state index contributed by atoms with van der Waals surface area (Å²) in [5, 5.41) is 0. The highest BCUT2D eigenvalue weighted by atomic mass is 16.5. The van der Waals surface area contributed by atoms with Crippen LogP contribution >= 0.6 is 0 Å². The zero-order valence-corrected chi connectivity index (χ0v) is 12.3. The number of ether oxygens (including phenoxy) is 1. The van der Waals surface area contributed by atoms with Crippen LogP contribution in [-0.2, 0) is 0 Å². The molecule has 19 heavy (non-hydrogen) atoms. The maximum atomic E-state index is 6.37. The Labute approximate surface area is 117 Å². The third-order valence-electron chi connectivity index (χ3n) is 4.04. The first-order valence-electron chi connectivity index (χ1n) is 7.68. The van der Waals surface area contributed by atoms with Gasteiger partial charge in [0.05, 0.1) is 6.10 Å². The molecule has 1 unspecified atom stereocenters. The first-order valence-corrected chi connectivity index (χ1v) is 7.68. The zero-order chi connectivity index (χ0) is 13.7. The van der Waals surface area contributed by atoms with Crippen molar-refractivity contribution in [3.8, 4) is 5.75 Å².